The van der Waals surface area contributed by atoms with Crippen molar-refractivity contribution in [2.75, 3.05) is 14.2 Å². The van der Waals surface area contributed by atoms with E-state index < -0.39 is 0 Å². The molecule has 1 aromatic heterocycles. The first-order valence-electron chi connectivity index (χ1n) is 6.97. The molecular formula is C17H16N2O4. The molecule has 0 radical (unpaired) electrons. The Morgan fingerprint density at radius 2 is 1.70 bits per heavy atom. The van der Waals surface area contributed by atoms with Gasteiger partial charge in [0.2, 0.25) is 5.88 Å². The molecule has 0 atom stereocenters. The number of hydrogen-bond donors (Lipinski definition) is 1. The van der Waals surface area contributed by atoms with Crippen LogP contribution in [0.3, 0.4) is 0 Å². The number of ether oxygens (including phenoxy) is 3. The van der Waals surface area contributed by atoms with Crippen molar-refractivity contribution >= 4 is 10.9 Å². The second-order valence-corrected chi connectivity index (χ2v) is 4.91. The summed E-state index contributed by atoms with van der Waals surface area (Å²) < 4.78 is 16.5. The van der Waals surface area contributed by atoms with E-state index in [1.54, 1.807) is 51.5 Å². The fourth-order valence-electron chi connectivity index (χ4n) is 2.26. The third-order valence-corrected chi connectivity index (χ3v) is 3.57. The minimum absolute atomic E-state index is 0.167. The summed E-state index contributed by atoms with van der Waals surface area (Å²) in [6, 6.07) is 8.61. The number of rotatable bonds is 4. The molecule has 0 spiro atoms. The SMILES string of the molecule is COc1cc2ncnc(Oc3cccc(O)c3C)c2cc1OC. The molecule has 0 aliphatic carbocycles. The van der Waals surface area contributed by atoms with Gasteiger partial charge in [-0.1, -0.05) is 6.07 Å². The van der Waals surface area contributed by atoms with E-state index in [-0.39, 0.29) is 5.75 Å². The molecule has 0 saturated carbocycles. The van der Waals surface area contributed by atoms with Gasteiger partial charge in [0, 0.05) is 11.6 Å². The Bertz CT molecular complexity index is 865. The second-order valence-electron chi connectivity index (χ2n) is 4.91. The summed E-state index contributed by atoms with van der Waals surface area (Å²) in [5.74, 6) is 2.22. The summed E-state index contributed by atoms with van der Waals surface area (Å²) in [4.78, 5) is 8.42. The summed E-state index contributed by atoms with van der Waals surface area (Å²) in [6.45, 7) is 1.78. The van der Waals surface area contributed by atoms with E-state index in [0.29, 0.717) is 39.6 Å². The van der Waals surface area contributed by atoms with Crippen LogP contribution in [-0.2, 0) is 0 Å². The number of hydrogen-bond acceptors (Lipinski definition) is 6. The van der Waals surface area contributed by atoms with Gasteiger partial charge in [-0.25, -0.2) is 9.97 Å². The van der Waals surface area contributed by atoms with E-state index in [9.17, 15) is 5.11 Å². The van der Waals surface area contributed by atoms with Gasteiger partial charge >= 0.3 is 0 Å². The number of methoxy groups -OCH3 is 2. The molecule has 0 fully saturated rings. The Labute approximate surface area is 133 Å². The highest BCUT2D eigenvalue weighted by Crippen LogP contribution is 2.37. The molecule has 3 aromatic rings. The summed E-state index contributed by atoms with van der Waals surface area (Å²) >= 11 is 0. The topological polar surface area (TPSA) is 73.7 Å². The molecule has 0 amide bonds. The standard InChI is InChI=1S/C17H16N2O4/c1-10-13(20)5-4-6-14(10)23-17-11-7-15(21-2)16(22-3)8-12(11)18-9-19-17/h4-9,20H,1-3H3. The highest BCUT2D eigenvalue weighted by Gasteiger charge is 2.13. The molecule has 0 aliphatic heterocycles. The van der Waals surface area contributed by atoms with E-state index in [2.05, 4.69) is 9.97 Å². The Morgan fingerprint density at radius 1 is 0.957 bits per heavy atom. The Hall–Kier alpha value is -3.02. The number of aromatic nitrogens is 2. The van der Waals surface area contributed by atoms with Gasteiger partial charge in [-0.05, 0) is 25.1 Å². The molecule has 23 heavy (non-hydrogen) atoms. The van der Waals surface area contributed by atoms with Crippen molar-refractivity contribution in [3.05, 3.63) is 42.2 Å². The zero-order valence-electron chi connectivity index (χ0n) is 13.0. The smallest absolute Gasteiger partial charge is 0.230 e. The molecular weight excluding hydrogens is 296 g/mol. The second kappa shape index (κ2) is 6.00. The maximum Gasteiger partial charge on any atom is 0.230 e. The number of benzene rings is 2. The highest BCUT2D eigenvalue weighted by atomic mass is 16.5. The lowest BCUT2D eigenvalue weighted by molar-refractivity contribution is 0.355. The molecule has 118 valence electrons. The summed E-state index contributed by atoms with van der Waals surface area (Å²) in [5.41, 5.74) is 1.31. The van der Waals surface area contributed by atoms with Crippen LogP contribution < -0.4 is 14.2 Å². The zero-order valence-corrected chi connectivity index (χ0v) is 13.0. The first kappa shape index (κ1) is 14.9. The number of phenolic OH excluding ortho intramolecular Hbond substituents is 1. The first-order chi connectivity index (χ1) is 11.1. The normalized spacial score (nSPS) is 10.6. The molecule has 3 rings (SSSR count). The summed E-state index contributed by atoms with van der Waals surface area (Å²) in [5, 5.41) is 10.5. The average Bonchev–Trinajstić information content (AvgIpc) is 2.58. The van der Waals surface area contributed by atoms with Gasteiger partial charge in [0.15, 0.2) is 11.5 Å². The fraction of sp³-hybridized carbons (Fsp3) is 0.176. The van der Waals surface area contributed by atoms with Crippen molar-refractivity contribution in [1.82, 2.24) is 9.97 Å². The molecule has 0 aliphatic rings. The van der Waals surface area contributed by atoms with Crippen molar-refractivity contribution in [3.8, 4) is 28.9 Å². The fourth-order valence-corrected chi connectivity index (χ4v) is 2.26. The van der Waals surface area contributed by atoms with Crippen molar-refractivity contribution < 1.29 is 19.3 Å². The van der Waals surface area contributed by atoms with Crippen LogP contribution in [0.4, 0.5) is 0 Å². The van der Waals surface area contributed by atoms with Crippen LogP contribution in [0.15, 0.2) is 36.7 Å². The van der Waals surface area contributed by atoms with E-state index in [4.69, 9.17) is 14.2 Å². The molecule has 1 N–H and O–H groups in total. The number of nitrogens with zero attached hydrogens (tertiary/aromatic N) is 2. The zero-order chi connectivity index (χ0) is 16.4. The molecule has 2 aromatic carbocycles. The number of phenols is 1. The lowest BCUT2D eigenvalue weighted by Gasteiger charge is -2.12. The minimum atomic E-state index is 0.167. The largest absolute Gasteiger partial charge is 0.508 e. The number of aromatic hydroxyl groups is 1. The molecule has 0 unspecified atom stereocenters. The van der Waals surface area contributed by atoms with E-state index in [0.717, 1.165) is 0 Å². The van der Waals surface area contributed by atoms with Crippen LogP contribution >= 0.6 is 0 Å². The molecule has 0 saturated heterocycles. The first-order valence-corrected chi connectivity index (χ1v) is 6.97. The maximum absolute atomic E-state index is 9.79. The van der Waals surface area contributed by atoms with Gasteiger partial charge in [-0.2, -0.15) is 0 Å². The van der Waals surface area contributed by atoms with Crippen LogP contribution in [0, 0.1) is 6.92 Å². The summed E-state index contributed by atoms with van der Waals surface area (Å²) in [7, 11) is 3.13. The van der Waals surface area contributed by atoms with Crippen LogP contribution in [0.2, 0.25) is 0 Å². The number of fused-ring (bicyclic) bond motifs is 1. The Morgan fingerprint density at radius 3 is 2.43 bits per heavy atom. The van der Waals surface area contributed by atoms with Crippen molar-refractivity contribution in [3.63, 3.8) is 0 Å². The monoisotopic (exact) mass is 312 g/mol. The molecule has 1 heterocycles. The third kappa shape index (κ3) is 2.70. The predicted molar refractivity (Wildman–Crippen MR) is 85.6 cm³/mol. The Balaban J connectivity index is 2.12. The maximum atomic E-state index is 9.79. The van der Waals surface area contributed by atoms with E-state index >= 15 is 0 Å². The molecule has 0 bridgehead atoms. The Kier molecular flexibility index (Phi) is 3.89. The van der Waals surface area contributed by atoms with E-state index in [1.165, 1.54) is 6.33 Å². The van der Waals surface area contributed by atoms with Gasteiger partial charge < -0.3 is 19.3 Å². The lowest BCUT2D eigenvalue weighted by atomic mass is 10.2. The van der Waals surface area contributed by atoms with Crippen molar-refractivity contribution in [2.24, 2.45) is 0 Å². The van der Waals surface area contributed by atoms with Gasteiger partial charge in [-0.15, -0.1) is 0 Å². The van der Waals surface area contributed by atoms with Crippen LogP contribution in [-0.4, -0.2) is 29.3 Å². The molecule has 6 heteroatoms. The highest BCUT2D eigenvalue weighted by molar-refractivity contribution is 5.87. The predicted octanol–water partition coefficient (Wildman–Crippen LogP) is 3.45. The van der Waals surface area contributed by atoms with Gasteiger partial charge in [0.25, 0.3) is 0 Å². The van der Waals surface area contributed by atoms with Crippen LogP contribution in [0.1, 0.15) is 5.56 Å². The van der Waals surface area contributed by atoms with Crippen LogP contribution in [0.5, 0.6) is 28.9 Å². The van der Waals surface area contributed by atoms with Gasteiger partial charge in [0.05, 0.1) is 25.1 Å². The van der Waals surface area contributed by atoms with Crippen molar-refractivity contribution in [1.29, 1.82) is 0 Å². The van der Waals surface area contributed by atoms with Crippen molar-refractivity contribution in [2.45, 2.75) is 6.92 Å². The van der Waals surface area contributed by atoms with Gasteiger partial charge in [0.1, 0.15) is 17.8 Å². The lowest BCUT2D eigenvalue weighted by Crippen LogP contribution is -1.96. The quantitative estimate of drug-likeness (QED) is 0.795. The van der Waals surface area contributed by atoms with E-state index in [1.807, 2.05) is 0 Å². The molecule has 6 nitrogen and oxygen atoms in total. The minimum Gasteiger partial charge on any atom is -0.508 e. The summed E-state index contributed by atoms with van der Waals surface area (Å²) in [6.07, 6.45) is 1.42. The van der Waals surface area contributed by atoms with Gasteiger partial charge in [-0.3, -0.25) is 0 Å². The average molecular weight is 312 g/mol. The van der Waals surface area contributed by atoms with Crippen LogP contribution in [0.25, 0.3) is 10.9 Å². The third-order valence-electron chi connectivity index (χ3n) is 3.57.